The molecule has 1 aliphatic carbocycles. The van der Waals surface area contributed by atoms with Crippen LogP contribution in [0.1, 0.15) is 43.6 Å². The van der Waals surface area contributed by atoms with Gasteiger partial charge in [-0.15, -0.1) is 12.4 Å². The van der Waals surface area contributed by atoms with E-state index in [2.05, 4.69) is 10.6 Å². The van der Waals surface area contributed by atoms with E-state index >= 15 is 0 Å². The molecule has 2 heterocycles. The Morgan fingerprint density at radius 2 is 1.70 bits per heavy atom. The number of carbonyl (C=O) groups is 1. The maximum absolute atomic E-state index is 13.8. The molecule has 0 radical (unpaired) electrons. The van der Waals surface area contributed by atoms with E-state index in [1.54, 1.807) is 0 Å². The summed E-state index contributed by atoms with van der Waals surface area (Å²) in [6, 6.07) is 5.12. The molecule has 1 aromatic carbocycles. The highest BCUT2D eigenvalue weighted by Crippen LogP contribution is 2.49. The number of fused-ring (bicyclic) bond motifs is 2. The Bertz CT molecular complexity index is 580. The van der Waals surface area contributed by atoms with Gasteiger partial charge in [-0.25, -0.2) is 8.78 Å². The molecular formula is C17H21ClF2N2O. The maximum atomic E-state index is 13.8. The second kappa shape index (κ2) is 6.36. The van der Waals surface area contributed by atoms with Gasteiger partial charge >= 0.3 is 0 Å². The molecule has 4 unspecified atom stereocenters. The van der Waals surface area contributed by atoms with Crippen LogP contribution < -0.4 is 10.6 Å². The Morgan fingerprint density at radius 1 is 1.09 bits per heavy atom. The van der Waals surface area contributed by atoms with Crippen LogP contribution in [0.2, 0.25) is 0 Å². The van der Waals surface area contributed by atoms with Crippen LogP contribution >= 0.6 is 12.4 Å². The van der Waals surface area contributed by atoms with Crippen LogP contribution in [0.3, 0.4) is 0 Å². The van der Waals surface area contributed by atoms with Crippen molar-refractivity contribution in [3.63, 3.8) is 0 Å². The fourth-order valence-corrected chi connectivity index (χ4v) is 4.15. The molecule has 2 aliphatic heterocycles. The van der Waals surface area contributed by atoms with Crippen LogP contribution in [0.15, 0.2) is 18.2 Å². The van der Waals surface area contributed by atoms with E-state index in [0.717, 1.165) is 12.8 Å². The van der Waals surface area contributed by atoms with E-state index < -0.39 is 11.6 Å². The summed E-state index contributed by atoms with van der Waals surface area (Å²) in [6.45, 7) is 0. The predicted octanol–water partition coefficient (Wildman–Crippen LogP) is 2.89. The third kappa shape index (κ3) is 3.22. The molecule has 0 aromatic heterocycles. The molecule has 1 saturated carbocycles. The average molecular weight is 343 g/mol. The summed E-state index contributed by atoms with van der Waals surface area (Å²) in [5.74, 6) is -1.71. The van der Waals surface area contributed by atoms with Crippen LogP contribution in [-0.2, 0) is 4.79 Å². The van der Waals surface area contributed by atoms with E-state index in [0.29, 0.717) is 18.5 Å². The first-order valence-electron chi connectivity index (χ1n) is 8.12. The smallest absolute Gasteiger partial charge is 0.223 e. The number of amides is 1. The van der Waals surface area contributed by atoms with Crippen LogP contribution in [0.4, 0.5) is 8.78 Å². The number of nitrogens with one attached hydrogen (secondary N) is 2. The molecule has 0 spiro atoms. The fourth-order valence-electron chi connectivity index (χ4n) is 4.15. The molecule has 2 saturated heterocycles. The minimum Gasteiger partial charge on any atom is -0.353 e. The molecule has 3 aliphatic rings. The zero-order chi connectivity index (χ0) is 15.3. The summed E-state index contributed by atoms with van der Waals surface area (Å²) in [7, 11) is 0. The van der Waals surface area contributed by atoms with Crippen LogP contribution in [0, 0.1) is 17.6 Å². The zero-order valence-corrected chi connectivity index (χ0v) is 13.5. The van der Waals surface area contributed by atoms with Gasteiger partial charge in [-0.2, -0.15) is 0 Å². The van der Waals surface area contributed by atoms with Crippen molar-refractivity contribution in [2.75, 3.05) is 0 Å². The summed E-state index contributed by atoms with van der Waals surface area (Å²) in [6.07, 6.45) is 4.84. The minimum atomic E-state index is -0.541. The zero-order valence-electron chi connectivity index (χ0n) is 12.7. The Morgan fingerprint density at radius 3 is 2.30 bits per heavy atom. The molecule has 3 nitrogen and oxygen atoms in total. The number of halogens is 3. The molecule has 126 valence electrons. The monoisotopic (exact) mass is 342 g/mol. The number of hydrogen-bond acceptors (Lipinski definition) is 2. The van der Waals surface area contributed by atoms with Gasteiger partial charge in [0.1, 0.15) is 11.6 Å². The summed E-state index contributed by atoms with van der Waals surface area (Å²) < 4.78 is 27.5. The Hall–Kier alpha value is -1.20. The van der Waals surface area contributed by atoms with E-state index in [-0.39, 0.29) is 41.8 Å². The number of carbonyl (C=O) groups excluding carboxylic acids is 1. The molecule has 1 amide bonds. The summed E-state index contributed by atoms with van der Waals surface area (Å²) >= 11 is 0. The number of benzene rings is 1. The first kappa shape index (κ1) is 16.7. The lowest BCUT2D eigenvalue weighted by atomic mass is 9.99. The van der Waals surface area contributed by atoms with Gasteiger partial charge in [0.15, 0.2) is 0 Å². The van der Waals surface area contributed by atoms with Gasteiger partial charge in [-0.3, -0.25) is 4.79 Å². The highest BCUT2D eigenvalue weighted by Gasteiger charge is 2.47. The molecule has 2 bridgehead atoms. The molecule has 1 aromatic rings. The standard InChI is InChI=1S/C17H20F2N2O.ClH/c18-14-2-1-3-15(19)16(14)12-8-13(12)17(22)21-11-6-9-4-5-10(7-11)20-9;/h1-3,9-13,20H,4-8H2,(H,21,22);1H. The van der Waals surface area contributed by atoms with Crippen molar-refractivity contribution in [3.8, 4) is 0 Å². The van der Waals surface area contributed by atoms with Crippen LogP contribution in [0.5, 0.6) is 0 Å². The lowest BCUT2D eigenvalue weighted by molar-refractivity contribution is -0.123. The fraction of sp³-hybridized carbons (Fsp3) is 0.588. The molecule has 2 N–H and O–H groups in total. The predicted molar refractivity (Wildman–Crippen MR) is 85.6 cm³/mol. The van der Waals surface area contributed by atoms with Gasteiger partial charge in [0.25, 0.3) is 0 Å². The number of rotatable bonds is 3. The van der Waals surface area contributed by atoms with Crippen molar-refractivity contribution >= 4 is 18.3 Å². The minimum absolute atomic E-state index is 0. The van der Waals surface area contributed by atoms with Gasteiger partial charge in [0.2, 0.25) is 5.91 Å². The third-order valence-corrected chi connectivity index (χ3v) is 5.32. The molecule has 4 rings (SSSR count). The summed E-state index contributed by atoms with van der Waals surface area (Å²) in [5, 5.41) is 6.63. The molecule has 4 atom stereocenters. The lowest BCUT2D eigenvalue weighted by Gasteiger charge is -2.29. The van der Waals surface area contributed by atoms with E-state index in [4.69, 9.17) is 0 Å². The Kier molecular flexibility index (Phi) is 4.61. The first-order valence-corrected chi connectivity index (χ1v) is 8.12. The van der Waals surface area contributed by atoms with E-state index in [1.165, 1.54) is 31.0 Å². The third-order valence-electron chi connectivity index (χ3n) is 5.32. The van der Waals surface area contributed by atoms with E-state index in [1.807, 2.05) is 0 Å². The molecular weight excluding hydrogens is 322 g/mol. The normalized spacial score (nSPS) is 34.6. The van der Waals surface area contributed by atoms with Gasteiger partial charge in [0, 0.05) is 35.5 Å². The molecule has 23 heavy (non-hydrogen) atoms. The topological polar surface area (TPSA) is 41.1 Å². The van der Waals surface area contributed by atoms with Crippen molar-refractivity contribution in [1.29, 1.82) is 0 Å². The largest absolute Gasteiger partial charge is 0.353 e. The molecule has 6 heteroatoms. The quantitative estimate of drug-likeness (QED) is 0.887. The van der Waals surface area contributed by atoms with Crippen molar-refractivity contribution < 1.29 is 13.6 Å². The van der Waals surface area contributed by atoms with E-state index in [9.17, 15) is 13.6 Å². The van der Waals surface area contributed by atoms with Gasteiger partial charge in [0.05, 0.1) is 0 Å². The Labute approximate surface area is 140 Å². The van der Waals surface area contributed by atoms with Crippen molar-refractivity contribution in [3.05, 3.63) is 35.4 Å². The second-order valence-corrected chi connectivity index (χ2v) is 6.90. The highest BCUT2D eigenvalue weighted by molar-refractivity contribution is 5.85. The van der Waals surface area contributed by atoms with Crippen LogP contribution in [-0.4, -0.2) is 24.0 Å². The van der Waals surface area contributed by atoms with Crippen molar-refractivity contribution in [1.82, 2.24) is 10.6 Å². The summed E-state index contributed by atoms with van der Waals surface area (Å²) in [5.41, 5.74) is 0.0769. The van der Waals surface area contributed by atoms with Gasteiger partial charge < -0.3 is 10.6 Å². The van der Waals surface area contributed by atoms with Gasteiger partial charge in [-0.1, -0.05) is 6.07 Å². The van der Waals surface area contributed by atoms with Crippen LogP contribution in [0.25, 0.3) is 0 Å². The second-order valence-electron chi connectivity index (χ2n) is 6.90. The maximum Gasteiger partial charge on any atom is 0.223 e. The number of hydrogen-bond donors (Lipinski definition) is 2. The van der Waals surface area contributed by atoms with Crippen molar-refractivity contribution in [2.24, 2.45) is 5.92 Å². The summed E-state index contributed by atoms with van der Waals surface area (Å²) in [4.78, 5) is 12.3. The average Bonchev–Trinajstić information content (AvgIpc) is 3.18. The van der Waals surface area contributed by atoms with Gasteiger partial charge in [-0.05, 0) is 44.2 Å². The molecule has 3 fully saturated rings. The first-order chi connectivity index (χ1) is 10.6. The SMILES string of the molecule is Cl.O=C(NC1CC2CCC(C1)N2)C1CC1c1c(F)cccc1F. The highest BCUT2D eigenvalue weighted by atomic mass is 35.5. The lowest BCUT2D eigenvalue weighted by Crippen LogP contribution is -2.48. The van der Waals surface area contributed by atoms with Crippen molar-refractivity contribution in [2.45, 2.75) is 56.1 Å². The number of piperidine rings is 1. The Balaban J connectivity index is 0.00000156.